The summed E-state index contributed by atoms with van der Waals surface area (Å²) in [7, 11) is 0. The zero-order chi connectivity index (χ0) is 19.5. The molecule has 1 unspecified atom stereocenters. The topological polar surface area (TPSA) is 52.1 Å². The monoisotopic (exact) mass is 388 g/mol. The molecule has 4 nitrogen and oxygen atoms in total. The summed E-state index contributed by atoms with van der Waals surface area (Å²) in [6.07, 6.45) is 12.6. The lowest BCUT2D eigenvalue weighted by Gasteiger charge is -2.09. The highest BCUT2D eigenvalue weighted by Crippen LogP contribution is 2.21. The molecule has 0 N–H and O–H groups in total. The van der Waals surface area contributed by atoms with Crippen LogP contribution >= 0.6 is 11.6 Å². The molecule has 146 valence electrons. The molecule has 0 spiro atoms. The number of aryl methyl sites for hydroxylation is 1. The van der Waals surface area contributed by atoms with E-state index in [0.29, 0.717) is 18.0 Å². The number of hydrogen-bond acceptors (Lipinski definition) is 4. The van der Waals surface area contributed by atoms with Crippen molar-refractivity contribution >= 4 is 17.6 Å². The molecule has 0 aliphatic carbocycles. The third-order valence-corrected chi connectivity index (χ3v) is 4.80. The Balaban J connectivity index is 1.88. The fraction of sp³-hybridized carbons (Fsp3) is 0.500. The summed E-state index contributed by atoms with van der Waals surface area (Å²) in [6.45, 7) is 4.21. The highest BCUT2D eigenvalue weighted by Gasteiger charge is 2.16. The van der Waals surface area contributed by atoms with Gasteiger partial charge in [0.05, 0.1) is 0 Å². The number of carbonyl (C=O) groups is 1. The molecule has 1 aromatic heterocycles. The third kappa shape index (κ3) is 7.30. The standard InChI is InChI=1S/C22H29ClN2O2/c1-3-5-6-7-8-10-17-15-24-21(25-16-17)18-11-13-19(14-12-18)27-22(26)20(23)9-4-2/h11-16,20H,3-10H2,1-2H3. The molecule has 0 aliphatic heterocycles. The van der Waals surface area contributed by atoms with Gasteiger partial charge in [0.15, 0.2) is 5.82 Å². The first-order valence-corrected chi connectivity index (χ1v) is 10.3. The van der Waals surface area contributed by atoms with E-state index in [1.807, 2.05) is 31.5 Å². The Morgan fingerprint density at radius 2 is 1.67 bits per heavy atom. The summed E-state index contributed by atoms with van der Waals surface area (Å²) in [5.74, 6) is 0.740. The van der Waals surface area contributed by atoms with Crippen molar-refractivity contribution in [3.8, 4) is 17.1 Å². The number of nitrogens with zero attached hydrogens (tertiary/aromatic N) is 2. The van der Waals surface area contributed by atoms with Crippen LogP contribution < -0.4 is 4.74 Å². The first kappa shape index (κ1) is 21.4. The number of rotatable bonds is 11. The van der Waals surface area contributed by atoms with Gasteiger partial charge in [-0.25, -0.2) is 9.97 Å². The van der Waals surface area contributed by atoms with E-state index in [0.717, 1.165) is 18.4 Å². The molecular formula is C22H29ClN2O2. The molecule has 0 fully saturated rings. The Hall–Kier alpha value is -1.94. The first-order valence-electron chi connectivity index (χ1n) is 9.91. The summed E-state index contributed by atoms with van der Waals surface area (Å²) in [6, 6.07) is 7.19. The van der Waals surface area contributed by atoms with Crippen LogP contribution in [0.2, 0.25) is 0 Å². The summed E-state index contributed by atoms with van der Waals surface area (Å²) < 4.78 is 5.30. The highest BCUT2D eigenvalue weighted by atomic mass is 35.5. The van der Waals surface area contributed by atoms with Crippen molar-refractivity contribution in [2.24, 2.45) is 0 Å². The lowest BCUT2D eigenvalue weighted by Crippen LogP contribution is -2.20. The predicted octanol–water partition coefficient (Wildman–Crippen LogP) is 5.97. The second-order valence-electron chi connectivity index (χ2n) is 6.78. The minimum Gasteiger partial charge on any atom is -0.425 e. The van der Waals surface area contributed by atoms with Crippen LogP contribution in [0.5, 0.6) is 5.75 Å². The normalized spacial score (nSPS) is 12.0. The molecule has 2 aromatic rings. The summed E-state index contributed by atoms with van der Waals surface area (Å²) >= 11 is 5.99. The smallest absolute Gasteiger partial charge is 0.329 e. The van der Waals surface area contributed by atoms with Gasteiger partial charge in [0.2, 0.25) is 0 Å². The van der Waals surface area contributed by atoms with E-state index in [9.17, 15) is 4.79 Å². The number of aromatic nitrogens is 2. The fourth-order valence-electron chi connectivity index (χ4n) is 2.79. The number of halogens is 1. The van der Waals surface area contributed by atoms with Crippen molar-refractivity contribution < 1.29 is 9.53 Å². The second kappa shape index (κ2) is 11.7. The lowest BCUT2D eigenvalue weighted by atomic mass is 10.1. The highest BCUT2D eigenvalue weighted by molar-refractivity contribution is 6.30. The summed E-state index contributed by atoms with van der Waals surface area (Å²) in [5, 5.41) is -0.604. The van der Waals surface area contributed by atoms with Gasteiger partial charge in [-0.2, -0.15) is 0 Å². The maximum absolute atomic E-state index is 11.9. The van der Waals surface area contributed by atoms with Gasteiger partial charge < -0.3 is 4.74 Å². The minimum absolute atomic E-state index is 0.411. The van der Waals surface area contributed by atoms with Gasteiger partial charge in [-0.15, -0.1) is 11.6 Å². The van der Waals surface area contributed by atoms with Gasteiger partial charge in [-0.1, -0.05) is 46.0 Å². The van der Waals surface area contributed by atoms with Crippen molar-refractivity contribution in [2.45, 2.75) is 70.6 Å². The summed E-state index contributed by atoms with van der Waals surface area (Å²) in [4.78, 5) is 20.8. The Labute approximate surface area is 167 Å². The van der Waals surface area contributed by atoms with Crippen LogP contribution in [0, 0.1) is 0 Å². The molecule has 0 bridgehead atoms. The fourth-order valence-corrected chi connectivity index (χ4v) is 3.05. The van der Waals surface area contributed by atoms with Crippen LogP contribution in [0.15, 0.2) is 36.7 Å². The molecule has 0 saturated carbocycles. The maximum Gasteiger partial charge on any atom is 0.329 e. The van der Waals surface area contributed by atoms with Crippen molar-refractivity contribution in [3.63, 3.8) is 0 Å². The van der Waals surface area contributed by atoms with E-state index in [1.54, 1.807) is 12.1 Å². The largest absolute Gasteiger partial charge is 0.425 e. The molecule has 0 aliphatic rings. The van der Waals surface area contributed by atoms with Gasteiger partial charge in [0.25, 0.3) is 0 Å². The van der Waals surface area contributed by atoms with Crippen LogP contribution in [-0.4, -0.2) is 21.3 Å². The number of ether oxygens (including phenoxy) is 1. The van der Waals surface area contributed by atoms with E-state index in [4.69, 9.17) is 16.3 Å². The van der Waals surface area contributed by atoms with E-state index in [1.165, 1.54) is 37.7 Å². The minimum atomic E-state index is -0.604. The van der Waals surface area contributed by atoms with Crippen LogP contribution in [-0.2, 0) is 11.2 Å². The van der Waals surface area contributed by atoms with Crippen molar-refractivity contribution in [3.05, 3.63) is 42.2 Å². The van der Waals surface area contributed by atoms with E-state index < -0.39 is 11.3 Å². The first-order chi connectivity index (χ1) is 13.1. The molecule has 0 saturated heterocycles. The maximum atomic E-state index is 11.9. The van der Waals surface area contributed by atoms with Crippen LogP contribution in [0.25, 0.3) is 11.4 Å². The lowest BCUT2D eigenvalue weighted by molar-refractivity contribution is -0.134. The molecule has 27 heavy (non-hydrogen) atoms. The molecule has 5 heteroatoms. The average Bonchev–Trinajstić information content (AvgIpc) is 2.69. The number of carbonyl (C=O) groups excluding carboxylic acids is 1. The van der Waals surface area contributed by atoms with Crippen LogP contribution in [0.1, 0.15) is 64.4 Å². The van der Waals surface area contributed by atoms with Crippen molar-refractivity contribution in [1.82, 2.24) is 9.97 Å². The molecule has 1 atom stereocenters. The van der Waals surface area contributed by atoms with E-state index in [2.05, 4.69) is 16.9 Å². The van der Waals surface area contributed by atoms with Crippen molar-refractivity contribution in [2.75, 3.05) is 0 Å². The van der Waals surface area contributed by atoms with Gasteiger partial charge >= 0.3 is 5.97 Å². The number of alkyl halides is 1. The SMILES string of the molecule is CCCCCCCc1cnc(-c2ccc(OC(=O)C(Cl)CCC)cc2)nc1. The second-order valence-corrected chi connectivity index (χ2v) is 7.31. The van der Waals surface area contributed by atoms with E-state index >= 15 is 0 Å². The van der Waals surface area contributed by atoms with Crippen LogP contribution in [0.4, 0.5) is 0 Å². The predicted molar refractivity (Wildman–Crippen MR) is 110 cm³/mol. The Kier molecular flexibility index (Phi) is 9.26. The zero-order valence-electron chi connectivity index (χ0n) is 16.3. The van der Waals surface area contributed by atoms with E-state index in [-0.39, 0.29) is 0 Å². The zero-order valence-corrected chi connectivity index (χ0v) is 17.0. The Bertz CT molecular complexity index is 686. The van der Waals surface area contributed by atoms with Crippen LogP contribution in [0.3, 0.4) is 0 Å². The average molecular weight is 389 g/mol. The van der Waals surface area contributed by atoms with Gasteiger partial charge in [-0.3, -0.25) is 4.79 Å². The molecule has 1 aromatic carbocycles. The molecule has 0 amide bonds. The molecular weight excluding hydrogens is 360 g/mol. The van der Waals surface area contributed by atoms with Gasteiger partial charge in [0.1, 0.15) is 11.1 Å². The molecule has 1 heterocycles. The number of esters is 1. The Morgan fingerprint density at radius 3 is 2.30 bits per heavy atom. The molecule has 2 rings (SSSR count). The number of unbranched alkanes of at least 4 members (excludes halogenated alkanes) is 4. The third-order valence-electron chi connectivity index (χ3n) is 4.40. The summed E-state index contributed by atoms with van der Waals surface area (Å²) in [5.41, 5.74) is 2.06. The van der Waals surface area contributed by atoms with Gasteiger partial charge in [0, 0.05) is 18.0 Å². The van der Waals surface area contributed by atoms with Gasteiger partial charge in [-0.05, 0) is 49.1 Å². The quantitative estimate of drug-likeness (QED) is 0.206. The van der Waals surface area contributed by atoms with Crippen molar-refractivity contribution in [1.29, 1.82) is 0 Å². The Morgan fingerprint density at radius 1 is 1.00 bits per heavy atom. The molecule has 0 radical (unpaired) electrons. The number of hydrogen-bond donors (Lipinski definition) is 0. The number of benzene rings is 1.